The fraction of sp³-hybridized carbons (Fsp3) is 0.923. The molecule has 0 atom stereocenters. The third-order valence-corrected chi connectivity index (χ3v) is 4.05. The average Bonchev–Trinajstić information content (AvgIpc) is 3.13. The average molecular weight is 299 g/mol. The van der Waals surface area contributed by atoms with Crippen molar-refractivity contribution in [2.45, 2.75) is 50.9 Å². The van der Waals surface area contributed by atoms with Crippen molar-refractivity contribution >= 4 is 11.8 Å². The molecule has 1 aromatic heterocycles. The molecule has 6 nitrogen and oxygen atoms in total. The Morgan fingerprint density at radius 3 is 3.00 bits per heavy atom. The first kappa shape index (κ1) is 15.7. The third kappa shape index (κ3) is 6.19. The lowest BCUT2D eigenvalue weighted by atomic mass is 10.1. The van der Waals surface area contributed by atoms with E-state index in [1.165, 1.54) is 12.8 Å². The summed E-state index contributed by atoms with van der Waals surface area (Å²) in [6.07, 6.45) is 3.74. The molecule has 1 heterocycles. The number of thioether (sulfide) groups is 1. The first-order chi connectivity index (χ1) is 9.75. The largest absolute Gasteiger partial charge is 0.381 e. The number of rotatable bonds is 11. The predicted molar refractivity (Wildman–Crippen MR) is 79.8 cm³/mol. The highest BCUT2D eigenvalue weighted by Crippen LogP contribution is 2.18. The van der Waals surface area contributed by atoms with E-state index in [4.69, 9.17) is 4.74 Å². The van der Waals surface area contributed by atoms with Crippen LogP contribution in [0.5, 0.6) is 0 Å². The molecule has 0 amide bonds. The van der Waals surface area contributed by atoms with E-state index >= 15 is 0 Å². The molecule has 1 aliphatic rings. The SMILES string of the molecule is CC(C)CCOCCSc1nnnn1CCNC1CC1. The summed E-state index contributed by atoms with van der Waals surface area (Å²) < 4.78 is 7.46. The van der Waals surface area contributed by atoms with Gasteiger partial charge in [-0.3, -0.25) is 0 Å². The number of aromatic nitrogens is 4. The van der Waals surface area contributed by atoms with Crippen LogP contribution in [-0.4, -0.2) is 51.8 Å². The summed E-state index contributed by atoms with van der Waals surface area (Å²) >= 11 is 1.66. The van der Waals surface area contributed by atoms with Crippen molar-refractivity contribution in [3.8, 4) is 0 Å². The van der Waals surface area contributed by atoms with Crippen molar-refractivity contribution in [2.75, 3.05) is 25.5 Å². The number of nitrogens with zero attached hydrogens (tertiary/aromatic N) is 4. The first-order valence-corrected chi connectivity index (χ1v) is 8.44. The number of hydrogen-bond donors (Lipinski definition) is 1. The van der Waals surface area contributed by atoms with Gasteiger partial charge in [0.15, 0.2) is 0 Å². The van der Waals surface area contributed by atoms with Crippen LogP contribution in [0.15, 0.2) is 5.16 Å². The van der Waals surface area contributed by atoms with Crippen LogP contribution in [0.25, 0.3) is 0 Å². The first-order valence-electron chi connectivity index (χ1n) is 7.46. The molecule has 0 bridgehead atoms. The second-order valence-corrected chi connectivity index (χ2v) is 6.62. The van der Waals surface area contributed by atoms with Gasteiger partial charge in [-0.2, -0.15) is 0 Å². The van der Waals surface area contributed by atoms with Gasteiger partial charge in [-0.15, -0.1) is 5.10 Å². The molecule has 0 aromatic carbocycles. The van der Waals surface area contributed by atoms with E-state index in [1.54, 1.807) is 11.8 Å². The second-order valence-electron chi connectivity index (χ2n) is 5.56. The molecule has 0 aliphatic heterocycles. The van der Waals surface area contributed by atoms with Crippen LogP contribution in [0, 0.1) is 5.92 Å². The number of tetrazole rings is 1. The number of ether oxygens (including phenoxy) is 1. The molecular formula is C13H25N5OS. The molecule has 1 saturated carbocycles. The Bertz CT molecular complexity index is 381. The molecule has 0 radical (unpaired) electrons. The standard InChI is InChI=1S/C13H25N5OS/c1-11(2)5-8-19-9-10-20-13-15-16-17-18(13)7-6-14-12-3-4-12/h11-12,14H,3-10H2,1-2H3. The highest BCUT2D eigenvalue weighted by atomic mass is 32.2. The van der Waals surface area contributed by atoms with Gasteiger partial charge in [0.2, 0.25) is 5.16 Å². The van der Waals surface area contributed by atoms with Gasteiger partial charge < -0.3 is 10.1 Å². The lowest BCUT2D eigenvalue weighted by molar-refractivity contribution is 0.138. The molecule has 1 fully saturated rings. The van der Waals surface area contributed by atoms with Crippen molar-refractivity contribution < 1.29 is 4.74 Å². The monoisotopic (exact) mass is 299 g/mol. The van der Waals surface area contributed by atoms with E-state index in [0.717, 1.165) is 49.7 Å². The molecule has 20 heavy (non-hydrogen) atoms. The van der Waals surface area contributed by atoms with Gasteiger partial charge in [-0.25, -0.2) is 4.68 Å². The minimum Gasteiger partial charge on any atom is -0.381 e. The van der Waals surface area contributed by atoms with E-state index in [0.29, 0.717) is 5.92 Å². The Morgan fingerprint density at radius 2 is 2.25 bits per heavy atom. The van der Waals surface area contributed by atoms with Gasteiger partial charge in [0.1, 0.15) is 0 Å². The predicted octanol–water partition coefficient (Wildman–Crippen LogP) is 1.58. The van der Waals surface area contributed by atoms with Crippen molar-refractivity contribution in [1.29, 1.82) is 0 Å². The van der Waals surface area contributed by atoms with E-state index < -0.39 is 0 Å². The minimum absolute atomic E-state index is 0.703. The van der Waals surface area contributed by atoms with Crippen LogP contribution < -0.4 is 5.32 Å². The summed E-state index contributed by atoms with van der Waals surface area (Å²) in [5, 5.41) is 16.2. The van der Waals surface area contributed by atoms with Gasteiger partial charge >= 0.3 is 0 Å². The topological polar surface area (TPSA) is 64.9 Å². The zero-order valence-corrected chi connectivity index (χ0v) is 13.2. The second kappa shape index (κ2) is 8.59. The summed E-state index contributed by atoms with van der Waals surface area (Å²) in [6.45, 7) is 7.79. The zero-order valence-electron chi connectivity index (χ0n) is 12.4. The van der Waals surface area contributed by atoms with Crippen molar-refractivity contribution in [1.82, 2.24) is 25.5 Å². The number of nitrogens with one attached hydrogen (secondary N) is 1. The summed E-state index contributed by atoms with van der Waals surface area (Å²) in [5.74, 6) is 1.60. The van der Waals surface area contributed by atoms with Crippen LogP contribution in [-0.2, 0) is 11.3 Å². The molecule has 1 N–H and O–H groups in total. The Hall–Kier alpha value is -0.660. The lowest BCUT2D eigenvalue weighted by Gasteiger charge is -2.07. The van der Waals surface area contributed by atoms with Crippen LogP contribution in [0.3, 0.4) is 0 Å². The van der Waals surface area contributed by atoms with Crippen molar-refractivity contribution in [3.05, 3.63) is 0 Å². The maximum absolute atomic E-state index is 5.59. The Labute approximate surface area is 125 Å². The summed E-state index contributed by atoms with van der Waals surface area (Å²) in [4.78, 5) is 0. The Balaban J connectivity index is 1.56. The van der Waals surface area contributed by atoms with Gasteiger partial charge in [-0.1, -0.05) is 25.6 Å². The zero-order chi connectivity index (χ0) is 14.2. The molecule has 1 aliphatic carbocycles. The van der Waals surface area contributed by atoms with Crippen LogP contribution in [0.1, 0.15) is 33.1 Å². The van der Waals surface area contributed by atoms with Crippen LogP contribution in [0.2, 0.25) is 0 Å². The summed E-state index contributed by atoms with van der Waals surface area (Å²) in [7, 11) is 0. The molecule has 114 valence electrons. The van der Waals surface area contributed by atoms with Crippen molar-refractivity contribution in [2.24, 2.45) is 5.92 Å². The molecule has 0 spiro atoms. The molecular weight excluding hydrogens is 274 g/mol. The molecule has 2 rings (SSSR count). The van der Waals surface area contributed by atoms with Crippen LogP contribution in [0.4, 0.5) is 0 Å². The van der Waals surface area contributed by atoms with Gasteiger partial charge in [0, 0.05) is 24.9 Å². The quantitative estimate of drug-likeness (QED) is 0.494. The van der Waals surface area contributed by atoms with E-state index in [1.807, 2.05) is 4.68 Å². The smallest absolute Gasteiger partial charge is 0.209 e. The maximum atomic E-state index is 5.59. The molecule has 7 heteroatoms. The number of hydrogen-bond acceptors (Lipinski definition) is 6. The summed E-state index contributed by atoms with van der Waals surface area (Å²) in [5.41, 5.74) is 0. The fourth-order valence-corrected chi connectivity index (χ4v) is 2.47. The van der Waals surface area contributed by atoms with E-state index in [-0.39, 0.29) is 0 Å². The van der Waals surface area contributed by atoms with Gasteiger partial charge in [0.05, 0.1) is 13.2 Å². The normalized spacial score (nSPS) is 15.2. The molecule has 0 saturated heterocycles. The minimum atomic E-state index is 0.703. The van der Waals surface area contributed by atoms with Gasteiger partial charge in [-0.05, 0) is 35.6 Å². The highest BCUT2D eigenvalue weighted by Gasteiger charge is 2.20. The fourth-order valence-electron chi connectivity index (χ4n) is 1.72. The van der Waals surface area contributed by atoms with Crippen LogP contribution >= 0.6 is 11.8 Å². The van der Waals surface area contributed by atoms with Gasteiger partial charge in [0.25, 0.3) is 0 Å². The molecule has 0 unspecified atom stereocenters. The van der Waals surface area contributed by atoms with Crippen molar-refractivity contribution in [3.63, 3.8) is 0 Å². The molecule has 1 aromatic rings. The lowest BCUT2D eigenvalue weighted by Crippen LogP contribution is -2.22. The Kier molecular flexibility index (Phi) is 6.75. The van der Waals surface area contributed by atoms with E-state index in [2.05, 4.69) is 34.7 Å². The maximum Gasteiger partial charge on any atom is 0.209 e. The Morgan fingerprint density at radius 1 is 1.40 bits per heavy atom. The van der Waals surface area contributed by atoms with E-state index in [9.17, 15) is 0 Å². The third-order valence-electron chi connectivity index (χ3n) is 3.13. The highest BCUT2D eigenvalue weighted by molar-refractivity contribution is 7.99. The summed E-state index contributed by atoms with van der Waals surface area (Å²) in [6, 6.07) is 0.733.